The largest absolute Gasteiger partial charge is 0.493 e. The van der Waals surface area contributed by atoms with Crippen molar-refractivity contribution in [3.8, 4) is 11.5 Å². The molecule has 0 spiro atoms. The lowest BCUT2D eigenvalue weighted by Gasteiger charge is -2.21. The molecule has 30 heavy (non-hydrogen) atoms. The van der Waals surface area contributed by atoms with Crippen LogP contribution in [0.15, 0.2) is 48.5 Å². The molecule has 6 heteroatoms. The number of ether oxygens (including phenoxy) is 2. The van der Waals surface area contributed by atoms with Crippen molar-refractivity contribution in [1.29, 1.82) is 0 Å². The van der Waals surface area contributed by atoms with Crippen LogP contribution in [0.2, 0.25) is 0 Å². The van der Waals surface area contributed by atoms with Gasteiger partial charge in [0.15, 0.2) is 11.5 Å². The van der Waals surface area contributed by atoms with Gasteiger partial charge in [-0.3, -0.25) is 9.59 Å². The Kier molecular flexibility index (Phi) is 7.64. The summed E-state index contributed by atoms with van der Waals surface area (Å²) in [5.41, 5.74) is 1.27. The smallest absolute Gasteiger partial charge is 0.253 e. The molecule has 0 saturated carbocycles. The van der Waals surface area contributed by atoms with Crippen molar-refractivity contribution in [2.75, 3.05) is 12.4 Å². The zero-order valence-electron chi connectivity index (χ0n) is 18.4. The molecule has 0 atom stereocenters. The fourth-order valence-corrected chi connectivity index (χ4v) is 2.68. The topological polar surface area (TPSA) is 76.7 Å². The lowest BCUT2D eigenvalue weighted by molar-refractivity contribution is -0.111. The average Bonchev–Trinajstić information content (AvgIpc) is 2.65. The number of rotatable bonds is 7. The van der Waals surface area contributed by atoms with Gasteiger partial charge in [-0.25, -0.2) is 0 Å². The maximum Gasteiger partial charge on any atom is 0.253 e. The minimum Gasteiger partial charge on any atom is -0.493 e. The molecule has 160 valence electrons. The quantitative estimate of drug-likeness (QED) is 0.651. The summed E-state index contributed by atoms with van der Waals surface area (Å²) < 4.78 is 11.1. The van der Waals surface area contributed by atoms with Crippen LogP contribution in [0, 0.1) is 0 Å². The standard InChI is InChI=1S/C24H30N2O4/c1-16(2)30-20-13-11-17(15-21(20)29-6)12-14-22(27)25-19-10-8-7-9-18(19)23(28)26-24(3,4)5/h7-16H,1-6H3,(H,25,27)(H,26,28). The Balaban J connectivity index is 2.13. The third-order valence-electron chi connectivity index (χ3n) is 3.90. The molecule has 0 aromatic heterocycles. The second kappa shape index (κ2) is 9.96. The lowest BCUT2D eigenvalue weighted by atomic mass is 10.1. The summed E-state index contributed by atoms with van der Waals surface area (Å²) in [7, 11) is 1.57. The minimum absolute atomic E-state index is 0.0293. The third-order valence-corrected chi connectivity index (χ3v) is 3.90. The molecule has 0 unspecified atom stereocenters. The van der Waals surface area contributed by atoms with Gasteiger partial charge in [0.25, 0.3) is 5.91 Å². The highest BCUT2D eigenvalue weighted by atomic mass is 16.5. The average molecular weight is 411 g/mol. The number of carbonyl (C=O) groups is 2. The summed E-state index contributed by atoms with van der Waals surface area (Å²) in [6.07, 6.45) is 3.12. The highest BCUT2D eigenvalue weighted by Gasteiger charge is 2.18. The van der Waals surface area contributed by atoms with Crippen LogP contribution in [-0.4, -0.2) is 30.6 Å². The van der Waals surface area contributed by atoms with E-state index in [0.717, 1.165) is 5.56 Å². The number of methoxy groups -OCH3 is 1. The van der Waals surface area contributed by atoms with Gasteiger partial charge in [0.1, 0.15) is 0 Å². The van der Waals surface area contributed by atoms with Crippen molar-refractivity contribution in [3.63, 3.8) is 0 Å². The van der Waals surface area contributed by atoms with Crippen molar-refractivity contribution < 1.29 is 19.1 Å². The van der Waals surface area contributed by atoms with Crippen LogP contribution in [0.5, 0.6) is 11.5 Å². The molecule has 2 aromatic rings. The van der Waals surface area contributed by atoms with E-state index in [4.69, 9.17) is 9.47 Å². The van der Waals surface area contributed by atoms with E-state index in [-0.39, 0.29) is 23.5 Å². The van der Waals surface area contributed by atoms with Gasteiger partial charge >= 0.3 is 0 Å². The van der Waals surface area contributed by atoms with E-state index < -0.39 is 0 Å². The molecule has 2 rings (SSSR count). The Labute approximate surface area is 178 Å². The van der Waals surface area contributed by atoms with E-state index >= 15 is 0 Å². The van der Waals surface area contributed by atoms with Gasteiger partial charge in [0.2, 0.25) is 5.91 Å². The van der Waals surface area contributed by atoms with Crippen LogP contribution in [0.25, 0.3) is 6.08 Å². The Morgan fingerprint density at radius 2 is 1.73 bits per heavy atom. The van der Waals surface area contributed by atoms with E-state index in [9.17, 15) is 9.59 Å². The number of anilines is 1. The van der Waals surface area contributed by atoms with Crippen LogP contribution in [0.4, 0.5) is 5.69 Å². The highest BCUT2D eigenvalue weighted by molar-refractivity contribution is 6.07. The summed E-state index contributed by atoms with van der Waals surface area (Å²) in [4.78, 5) is 24.9. The highest BCUT2D eigenvalue weighted by Crippen LogP contribution is 2.29. The van der Waals surface area contributed by atoms with Gasteiger partial charge in [0.05, 0.1) is 24.5 Å². The van der Waals surface area contributed by atoms with E-state index in [1.165, 1.54) is 6.08 Å². The van der Waals surface area contributed by atoms with Gasteiger partial charge in [-0.15, -0.1) is 0 Å². The second-order valence-electron chi connectivity index (χ2n) is 8.15. The van der Waals surface area contributed by atoms with E-state index in [0.29, 0.717) is 22.7 Å². The van der Waals surface area contributed by atoms with Gasteiger partial charge in [-0.05, 0) is 70.5 Å². The first kappa shape index (κ1) is 23.0. The molecule has 0 fully saturated rings. The molecule has 0 aliphatic heterocycles. The van der Waals surface area contributed by atoms with Crippen molar-refractivity contribution in [3.05, 3.63) is 59.7 Å². The van der Waals surface area contributed by atoms with Crippen molar-refractivity contribution in [2.45, 2.75) is 46.3 Å². The summed E-state index contributed by atoms with van der Waals surface area (Å²) in [5, 5.41) is 5.68. The molecular formula is C24H30N2O4. The van der Waals surface area contributed by atoms with Crippen LogP contribution in [-0.2, 0) is 4.79 Å². The van der Waals surface area contributed by atoms with Crippen LogP contribution in [0.3, 0.4) is 0 Å². The molecule has 2 amide bonds. The SMILES string of the molecule is COc1cc(C=CC(=O)Nc2ccccc2C(=O)NC(C)(C)C)ccc1OC(C)C. The Hall–Kier alpha value is -3.28. The van der Waals surface area contributed by atoms with E-state index in [1.54, 1.807) is 43.5 Å². The molecule has 0 saturated heterocycles. The first-order chi connectivity index (χ1) is 14.1. The number of benzene rings is 2. The molecule has 0 bridgehead atoms. The molecular weight excluding hydrogens is 380 g/mol. The van der Waals surface area contributed by atoms with Crippen LogP contribution in [0.1, 0.15) is 50.5 Å². The zero-order chi connectivity index (χ0) is 22.3. The number of carbonyl (C=O) groups excluding carboxylic acids is 2. The number of hydrogen-bond donors (Lipinski definition) is 2. The molecule has 0 aliphatic carbocycles. The normalized spacial score (nSPS) is 11.4. The third kappa shape index (κ3) is 6.95. The van der Waals surface area contributed by atoms with E-state index in [1.807, 2.05) is 46.8 Å². The number of amides is 2. The maximum atomic E-state index is 12.5. The molecule has 6 nitrogen and oxygen atoms in total. The van der Waals surface area contributed by atoms with Crippen LogP contribution < -0.4 is 20.1 Å². The Morgan fingerprint density at radius 1 is 1.03 bits per heavy atom. The first-order valence-electron chi connectivity index (χ1n) is 9.84. The molecule has 0 aliphatic rings. The molecule has 2 N–H and O–H groups in total. The van der Waals surface area contributed by atoms with Gasteiger partial charge in [-0.2, -0.15) is 0 Å². The lowest BCUT2D eigenvalue weighted by Crippen LogP contribution is -2.40. The van der Waals surface area contributed by atoms with Crippen LogP contribution >= 0.6 is 0 Å². The second-order valence-corrected chi connectivity index (χ2v) is 8.15. The minimum atomic E-state index is -0.376. The summed E-state index contributed by atoms with van der Waals surface area (Å²) in [6.45, 7) is 9.59. The van der Waals surface area contributed by atoms with Gasteiger partial charge < -0.3 is 20.1 Å². The monoisotopic (exact) mass is 410 g/mol. The first-order valence-corrected chi connectivity index (χ1v) is 9.84. The number of para-hydroxylation sites is 1. The Bertz CT molecular complexity index is 927. The summed E-state index contributed by atoms with van der Waals surface area (Å²) >= 11 is 0. The summed E-state index contributed by atoms with van der Waals surface area (Å²) in [6, 6.07) is 12.4. The van der Waals surface area contributed by atoms with Crippen molar-refractivity contribution in [2.24, 2.45) is 0 Å². The maximum absolute atomic E-state index is 12.5. The van der Waals surface area contributed by atoms with Gasteiger partial charge in [0, 0.05) is 11.6 Å². The molecule has 0 heterocycles. The molecule has 2 aromatic carbocycles. The number of hydrogen-bond acceptors (Lipinski definition) is 4. The zero-order valence-corrected chi connectivity index (χ0v) is 18.4. The van der Waals surface area contributed by atoms with E-state index in [2.05, 4.69) is 10.6 Å². The molecule has 0 radical (unpaired) electrons. The predicted octanol–water partition coefficient (Wildman–Crippen LogP) is 4.66. The fraction of sp³-hybridized carbons (Fsp3) is 0.333. The fourth-order valence-electron chi connectivity index (χ4n) is 2.68. The predicted molar refractivity (Wildman–Crippen MR) is 120 cm³/mol. The van der Waals surface area contributed by atoms with Gasteiger partial charge in [-0.1, -0.05) is 18.2 Å². The van der Waals surface area contributed by atoms with Crippen molar-refractivity contribution in [1.82, 2.24) is 5.32 Å². The summed E-state index contributed by atoms with van der Waals surface area (Å²) in [5.74, 6) is 0.656. The number of nitrogens with one attached hydrogen (secondary N) is 2. The Morgan fingerprint density at radius 3 is 2.37 bits per heavy atom. The van der Waals surface area contributed by atoms with Crippen molar-refractivity contribution >= 4 is 23.6 Å².